The van der Waals surface area contributed by atoms with Crippen LogP contribution in [-0.4, -0.2) is 83.7 Å². The summed E-state index contributed by atoms with van der Waals surface area (Å²) in [4.78, 5) is 80.0. The molecule has 3 aliphatic carbocycles. The summed E-state index contributed by atoms with van der Waals surface area (Å²) in [5, 5.41) is 15.2. The predicted octanol–water partition coefficient (Wildman–Crippen LogP) is 8.42. The maximum Gasteiger partial charge on any atom is 0.461 e. The highest BCUT2D eigenvalue weighted by atomic mass is 16.7. The molecule has 64 heavy (non-hydrogen) atoms. The fraction of sp³-hybridized carbons (Fsp3) is 0.880. The van der Waals surface area contributed by atoms with Crippen LogP contribution in [0.4, 0.5) is 0 Å². The third-order valence-corrected chi connectivity index (χ3v) is 15.4. The largest absolute Gasteiger partial charge is 0.481 e. The van der Waals surface area contributed by atoms with E-state index in [1.165, 1.54) is 44.9 Å². The van der Waals surface area contributed by atoms with Crippen LogP contribution in [0.15, 0.2) is 0 Å². The molecule has 4 fully saturated rings. The SMILES string of the molecule is CCCCCCCCCCCCCC(=O)C[C@@H](CCCCN)C(=O)N[C@@H](CCC(=O)O)C(=O)C[C@@H](C)C(=O)N[C@@H](CCCCN)C(=O)C[C@@H](C)B1O[C@]2(C)C[C@@H]3C[C@@H](C3(C)C)[C@]2(C)O1. The highest BCUT2D eigenvalue weighted by molar-refractivity contribution is 6.47. The van der Waals surface area contributed by atoms with Crippen molar-refractivity contribution in [3.63, 3.8) is 0 Å². The van der Waals surface area contributed by atoms with Gasteiger partial charge >= 0.3 is 13.1 Å². The summed E-state index contributed by atoms with van der Waals surface area (Å²) in [6, 6.07) is -1.96. The number of aliphatic carboxylic acids is 1. The van der Waals surface area contributed by atoms with Gasteiger partial charge in [-0.15, -0.1) is 0 Å². The van der Waals surface area contributed by atoms with Gasteiger partial charge in [0.15, 0.2) is 11.6 Å². The lowest BCUT2D eigenvalue weighted by Crippen LogP contribution is -2.70. The van der Waals surface area contributed by atoms with Crippen LogP contribution in [0, 0.1) is 29.1 Å². The summed E-state index contributed by atoms with van der Waals surface area (Å²) < 4.78 is 13.4. The Labute approximate surface area is 386 Å². The molecule has 0 aromatic rings. The molecule has 4 rings (SSSR count). The zero-order valence-corrected chi connectivity index (χ0v) is 41.1. The molecule has 1 heterocycles. The quantitative estimate of drug-likeness (QED) is 0.0297. The van der Waals surface area contributed by atoms with Gasteiger partial charge in [-0.25, -0.2) is 0 Å². The van der Waals surface area contributed by atoms with Crippen molar-refractivity contribution in [2.24, 2.45) is 40.6 Å². The molecule has 0 aromatic carbocycles. The second kappa shape index (κ2) is 27.2. The van der Waals surface area contributed by atoms with E-state index in [1.54, 1.807) is 6.92 Å². The van der Waals surface area contributed by atoms with Gasteiger partial charge in [-0.05, 0) is 108 Å². The number of rotatable bonds is 36. The molecule has 1 aliphatic heterocycles. The van der Waals surface area contributed by atoms with Gasteiger partial charge in [-0.1, -0.05) is 105 Å². The Kier molecular flexibility index (Phi) is 23.7. The molecule has 4 aliphatic rings. The molecule has 0 unspecified atom stereocenters. The highest BCUT2D eigenvalue weighted by Gasteiger charge is 2.73. The third kappa shape index (κ3) is 16.3. The standard InChI is InChI=1S/C50H89BN4O9/c1-8-9-10-11-12-13-14-15-16-17-18-24-39(56)32-37(23-19-21-28-52)47(62)55-41(26-27-45(59)60)42(57)30-35(2)46(61)54-40(25-20-22-29-53)43(58)31-36(3)51-63-49(6)34-38-33-44(48(38,4)5)50(49,7)64-51/h35-38,40-41,44H,8-34,52-53H2,1-7H3,(H,54,61)(H,55,62)(H,59,60)/t35-,36-,37-,38+,40+,41+,44+,49-,50+/m1/s1. The molecule has 0 spiro atoms. The Bertz CT molecular complexity index is 1510. The molecule has 2 bridgehead atoms. The summed E-state index contributed by atoms with van der Waals surface area (Å²) in [5.74, 6) is -3.59. The topological polar surface area (TPSA) is 217 Å². The van der Waals surface area contributed by atoms with Crippen molar-refractivity contribution in [3.05, 3.63) is 0 Å². The first-order chi connectivity index (χ1) is 30.3. The minimum absolute atomic E-state index is 0.00205. The summed E-state index contributed by atoms with van der Waals surface area (Å²) in [5.41, 5.74) is 10.8. The van der Waals surface area contributed by atoms with Gasteiger partial charge in [0.05, 0.1) is 23.3 Å². The number of Topliss-reactive ketones (excluding diaryl/α,β-unsaturated/α-hetero) is 3. The summed E-state index contributed by atoms with van der Waals surface area (Å²) >= 11 is 0. The van der Waals surface area contributed by atoms with E-state index >= 15 is 0 Å². The summed E-state index contributed by atoms with van der Waals surface area (Å²) in [6.07, 6.45) is 18.1. The average molecular weight is 901 g/mol. The van der Waals surface area contributed by atoms with Crippen LogP contribution in [0.2, 0.25) is 5.82 Å². The first kappa shape index (κ1) is 55.7. The monoisotopic (exact) mass is 901 g/mol. The molecule has 14 heteroatoms. The number of amides is 2. The molecule has 13 nitrogen and oxygen atoms in total. The normalized spacial score (nSPS) is 24.4. The molecule has 9 atom stereocenters. The lowest BCUT2D eigenvalue weighted by molar-refractivity contribution is -0.235. The number of carboxylic acids is 1. The zero-order valence-electron chi connectivity index (χ0n) is 41.1. The second-order valence-electron chi connectivity index (χ2n) is 21.0. The third-order valence-electron chi connectivity index (χ3n) is 15.4. The first-order valence-corrected chi connectivity index (χ1v) is 25.5. The number of carbonyl (C=O) groups is 6. The van der Waals surface area contributed by atoms with Crippen LogP contribution in [0.3, 0.4) is 0 Å². The van der Waals surface area contributed by atoms with E-state index in [0.717, 1.165) is 38.5 Å². The van der Waals surface area contributed by atoms with E-state index in [0.29, 0.717) is 69.9 Å². The van der Waals surface area contributed by atoms with Crippen molar-refractivity contribution < 1.29 is 43.2 Å². The Morgan fingerprint density at radius 1 is 0.672 bits per heavy atom. The molecule has 0 aromatic heterocycles. The lowest BCUT2D eigenvalue weighted by Gasteiger charge is -2.67. The average Bonchev–Trinajstić information content (AvgIpc) is 3.54. The van der Waals surface area contributed by atoms with Crippen LogP contribution < -0.4 is 22.1 Å². The van der Waals surface area contributed by atoms with Crippen molar-refractivity contribution in [1.82, 2.24) is 10.6 Å². The van der Waals surface area contributed by atoms with Gasteiger partial charge in [0.1, 0.15) is 5.78 Å². The van der Waals surface area contributed by atoms with E-state index in [-0.39, 0.29) is 54.9 Å². The lowest BCUT2D eigenvalue weighted by atomic mass is 9.41. The number of nitrogens with one attached hydrogen (secondary N) is 2. The van der Waals surface area contributed by atoms with Gasteiger partial charge in [-0.2, -0.15) is 0 Å². The summed E-state index contributed by atoms with van der Waals surface area (Å²) in [6.45, 7) is 15.6. The van der Waals surface area contributed by atoms with Crippen LogP contribution in [-0.2, 0) is 38.1 Å². The number of carbonyl (C=O) groups excluding carboxylic acids is 5. The van der Waals surface area contributed by atoms with Gasteiger partial charge < -0.3 is 36.5 Å². The fourth-order valence-corrected chi connectivity index (χ4v) is 10.8. The van der Waals surface area contributed by atoms with Crippen molar-refractivity contribution in [3.8, 4) is 0 Å². The van der Waals surface area contributed by atoms with Crippen molar-refractivity contribution in [2.45, 2.75) is 238 Å². The van der Waals surface area contributed by atoms with E-state index in [2.05, 4.69) is 45.3 Å². The number of nitrogens with two attached hydrogens (primary N) is 2. The number of hydrogen-bond donors (Lipinski definition) is 5. The van der Waals surface area contributed by atoms with Gasteiger partial charge in [0.2, 0.25) is 11.8 Å². The predicted molar refractivity (Wildman–Crippen MR) is 253 cm³/mol. The molecular formula is C50H89BN4O9. The van der Waals surface area contributed by atoms with E-state index in [4.69, 9.17) is 20.8 Å². The number of hydrogen-bond acceptors (Lipinski definition) is 10. The van der Waals surface area contributed by atoms with Crippen molar-refractivity contribution in [1.29, 1.82) is 0 Å². The van der Waals surface area contributed by atoms with Crippen LogP contribution in [0.1, 0.15) is 209 Å². The number of unbranched alkanes of at least 4 members (excludes halogenated alkanes) is 12. The molecule has 2 amide bonds. The highest BCUT2D eigenvalue weighted by Crippen LogP contribution is 2.69. The molecule has 7 N–H and O–H groups in total. The molecule has 1 saturated heterocycles. The fourth-order valence-electron chi connectivity index (χ4n) is 10.8. The maximum absolute atomic E-state index is 13.9. The number of carboxylic acid groups (broad SMARTS) is 1. The van der Waals surface area contributed by atoms with Gasteiger partial charge in [-0.3, -0.25) is 28.8 Å². The van der Waals surface area contributed by atoms with Gasteiger partial charge in [0, 0.05) is 43.9 Å². The zero-order chi connectivity index (χ0) is 47.5. The summed E-state index contributed by atoms with van der Waals surface area (Å²) in [7, 11) is -0.559. The molecule has 0 radical (unpaired) electrons. The van der Waals surface area contributed by atoms with Crippen LogP contribution in [0.25, 0.3) is 0 Å². The van der Waals surface area contributed by atoms with E-state index in [1.807, 2.05) is 6.92 Å². The molecular weight excluding hydrogens is 811 g/mol. The van der Waals surface area contributed by atoms with Gasteiger partial charge in [0.25, 0.3) is 0 Å². The second-order valence-corrected chi connectivity index (χ2v) is 21.0. The Morgan fingerprint density at radius 2 is 1.22 bits per heavy atom. The van der Waals surface area contributed by atoms with E-state index < -0.39 is 65.8 Å². The minimum Gasteiger partial charge on any atom is -0.481 e. The van der Waals surface area contributed by atoms with Crippen LogP contribution in [0.5, 0.6) is 0 Å². The van der Waals surface area contributed by atoms with Crippen LogP contribution >= 0.6 is 0 Å². The molecule has 3 saturated carbocycles. The Hall–Kier alpha value is -2.68. The smallest absolute Gasteiger partial charge is 0.461 e. The van der Waals surface area contributed by atoms with Crippen molar-refractivity contribution in [2.75, 3.05) is 13.1 Å². The Morgan fingerprint density at radius 3 is 1.80 bits per heavy atom. The Balaban J connectivity index is 1.57. The number of ketones is 3. The molecule has 366 valence electrons. The van der Waals surface area contributed by atoms with Crippen molar-refractivity contribution >= 4 is 42.3 Å². The minimum atomic E-state index is -1.16. The van der Waals surface area contributed by atoms with E-state index in [9.17, 15) is 33.9 Å². The first-order valence-electron chi connectivity index (χ1n) is 25.5. The maximum atomic E-state index is 13.9.